The first kappa shape index (κ1) is 14.8. The van der Waals surface area contributed by atoms with E-state index in [9.17, 15) is 4.79 Å². The summed E-state index contributed by atoms with van der Waals surface area (Å²) in [7, 11) is 3.07. The highest BCUT2D eigenvalue weighted by Crippen LogP contribution is 2.37. The number of carbonyl (C=O) groups is 1. The van der Waals surface area contributed by atoms with Gasteiger partial charge in [-0.2, -0.15) is 0 Å². The molecule has 1 aromatic heterocycles. The van der Waals surface area contributed by atoms with Crippen LogP contribution in [-0.4, -0.2) is 25.0 Å². The molecule has 0 atom stereocenters. The van der Waals surface area contributed by atoms with E-state index < -0.39 is 0 Å². The SMILES string of the molecule is COc1ccc(C(=O)Cc2csc(N)n2)c(OC)c1Br. The van der Waals surface area contributed by atoms with Crippen molar-refractivity contribution >= 4 is 38.2 Å². The molecule has 0 aliphatic carbocycles. The Labute approximate surface area is 128 Å². The highest BCUT2D eigenvalue weighted by atomic mass is 79.9. The molecule has 2 rings (SSSR count). The maximum Gasteiger partial charge on any atom is 0.180 e. The van der Waals surface area contributed by atoms with Crippen LogP contribution in [0.1, 0.15) is 16.1 Å². The molecule has 7 heteroatoms. The number of ketones is 1. The van der Waals surface area contributed by atoms with Crippen LogP contribution in [0.4, 0.5) is 5.13 Å². The summed E-state index contributed by atoms with van der Waals surface area (Å²) in [5.41, 5.74) is 6.70. The number of rotatable bonds is 5. The lowest BCUT2D eigenvalue weighted by atomic mass is 10.1. The fourth-order valence-corrected chi connectivity index (χ4v) is 3.01. The molecule has 1 heterocycles. The monoisotopic (exact) mass is 356 g/mol. The first-order valence-corrected chi connectivity index (χ1v) is 7.37. The molecule has 0 saturated heterocycles. The second-order valence-electron chi connectivity index (χ2n) is 3.94. The summed E-state index contributed by atoms with van der Waals surface area (Å²) in [5.74, 6) is 0.976. The van der Waals surface area contributed by atoms with Crippen LogP contribution in [0.5, 0.6) is 11.5 Å². The fourth-order valence-electron chi connectivity index (χ4n) is 1.78. The molecule has 0 saturated carbocycles. The number of thiazole rings is 1. The van der Waals surface area contributed by atoms with E-state index in [1.165, 1.54) is 18.4 Å². The molecule has 0 aliphatic rings. The molecule has 2 aromatic rings. The number of nitrogens with zero attached hydrogens (tertiary/aromatic N) is 1. The van der Waals surface area contributed by atoms with Gasteiger partial charge in [-0.1, -0.05) is 0 Å². The van der Waals surface area contributed by atoms with E-state index in [0.717, 1.165) is 0 Å². The number of aromatic nitrogens is 1. The molecule has 0 radical (unpaired) electrons. The minimum Gasteiger partial charge on any atom is -0.495 e. The Hall–Kier alpha value is -1.60. The Morgan fingerprint density at radius 3 is 2.70 bits per heavy atom. The van der Waals surface area contributed by atoms with Gasteiger partial charge in [-0.05, 0) is 28.1 Å². The third-order valence-electron chi connectivity index (χ3n) is 2.70. The summed E-state index contributed by atoms with van der Waals surface area (Å²) < 4.78 is 11.1. The Bertz CT molecular complexity index is 643. The highest BCUT2D eigenvalue weighted by molar-refractivity contribution is 9.10. The largest absolute Gasteiger partial charge is 0.495 e. The molecule has 0 unspecified atom stereocenters. The van der Waals surface area contributed by atoms with Crippen molar-refractivity contribution in [3.8, 4) is 11.5 Å². The van der Waals surface area contributed by atoms with Gasteiger partial charge in [0.05, 0.1) is 31.9 Å². The third kappa shape index (κ3) is 2.94. The lowest BCUT2D eigenvalue weighted by molar-refractivity contribution is 0.0989. The van der Waals surface area contributed by atoms with Gasteiger partial charge in [-0.15, -0.1) is 11.3 Å². The second kappa shape index (κ2) is 6.23. The number of anilines is 1. The van der Waals surface area contributed by atoms with Crippen molar-refractivity contribution in [3.63, 3.8) is 0 Å². The Balaban J connectivity index is 2.32. The summed E-state index contributed by atoms with van der Waals surface area (Å²) in [5, 5.41) is 2.23. The van der Waals surface area contributed by atoms with Gasteiger partial charge in [0.2, 0.25) is 0 Å². The number of methoxy groups -OCH3 is 2. The number of nitrogen functional groups attached to an aromatic ring is 1. The second-order valence-corrected chi connectivity index (χ2v) is 5.62. The van der Waals surface area contributed by atoms with Gasteiger partial charge in [0.25, 0.3) is 0 Å². The van der Waals surface area contributed by atoms with E-state index in [2.05, 4.69) is 20.9 Å². The van der Waals surface area contributed by atoms with E-state index >= 15 is 0 Å². The molecule has 20 heavy (non-hydrogen) atoms. The van der Waals surface area contributed by atoms with E-state index in [1.807, 2.05) is 0 Å². The quantitative estimate of drug-likeness (QED) is 0.833. The fraction of sp³-hybridized carbons (Fsp3) is 0.231. The van der Waals surface area contributed by atoms with Gasteiger partial charge >= 0.3 is 0 Å². The van der Waals surface area contributed by atoms with Crippen LogP contribution in [0.25, 0.3) is 0 Å². The molecule has 0 amide bonds. The van der Waals surface area contributed by atoms with Gasteiger partial charge in [-0.25, -0.2) is 4.98 Å². The summed E-state index contributed by atoms with van der Waals surface area (Å²) >= 11 is 4.69. The molecule has 0 bridgehead atoms. The molecule has 0 fully saturated rings. The minimum absolute atomic E-state index is 0.0875. The van der Waals surface area contributed by atoms with Crippen LogP contribution < -0.4 is 15.2 Å². The molecular weight excluding hydrogens is 344 g/mol. The normalized spacial score (nSPS) is 10.3. The Morgan fingerprint density at radius 2 is 2.15 bits per heavy atom. The van der Waals surface area contributed by atoms with Gasteiger partial charge in [0, 0.05) is 5.38 Å². The molecule has 5 nitrogen and oxygen atoms in total. The first-order valence-electron chi connectivity index (χ1n) is 5.70. The van der Waals surface area contributed by atoms with Crippen molar-refractivity contribution in [1.29, 1.82) is 0 Å². The van der Waals surface area contributed by atoms with Gasteiger partial charge < -0.3 is 15.2 Å². The molecule has 1 aromatic carbocycles. The van der Waals surface area contributed by atoms with Crippen molar-refractivity contribution in [2.45, 2.75) is 6.42 Å². The van der Waals surface area contributed by atoms with Crippen LogP contribution in [0.15, 0.2) is 22.0 Å². The average Bonchev–Trinajstić information content (AvgIpc) is 2.83. The summed E-state index contributed by atoms with van der Waals surface area (Å²) in [6.45, 7) is 0. The smallest absolute Gasteiger partial charge is 0.180 e. The van der Waals surface area contributed by atoms with E-state index in [1.54, 1.807) is 24.6 Å². The number of halogens is 1. The minimum atomic E-state index is -0.0875. The Morgan fingerprint density at radius 1 is 1.40 bits per heavy atom. The zero-order valence-corrected chi connectivity index (χ0v) is 13.4. The lowest BCUT2D eigenvalue weighted by Gasteiger charge is -2.12. The predicted molar refractivity (Wildman–Crippen MR) is 81.8 cm³/mol. The van der Waals surface area contributed by atoms with E-state index in [-0.39, 0.29) is 12.2 Å². The lowest BCUT2D eigenvalue weighted by Crippen LogP contribution is -2.07. The van der Waals surface area contributed by atoms with Crippen molar-refractivity contribution in [1.82, 2.24) is 4.98 Å². The number of carbonyl (C=O) groups excluding carboxylic acids is 1. The average molecular weight is 357 g/mol. The van der Waals surface area contributed by atoms with E-state index in [0.29, 0.717) is 32.4 Å². The number of hydrogen-bond acceptors (Lipinski definition) is 6. The highest BCUT2D eigenvalue weighted by Gasteiger charge is 2.19. The number of benzene rings is 1. The number of nitrogens with two attached hydrogens (primary N) is 1. The molecule has 2 N–H and O–H groups in total. The molecule has 0 aliphatic heterocycles. The van der Waals surface area contributed by atoms with Crippen LogP contribution in [-0.2, 0) is 6.42 Å². The van der Waals surface area contributed by atoms with Crippen molar-refractivity contribution in [2.24, 2.45) is 0 Å². The van der Waals surface area contributed by atoms with Crippen molar-refractivity contribution in [3.05, 3.63) is 33.2 Å². The summed E-state index contributed by atoms with van der Waals surface area (Å²) in [6, 6.07) is 3.40. The third-order valence-corrected chi connectivity index (χ3v) is 4.17. The summed E-state index contributed by atoms with van der Waals surface area (Å²) in [6.07, 6.45) is 0.183. The first-order chi connectivity index (χ1) is 9.56. The molecular formula is C13H13BrN2O3S. The Kier molecular flexibility index (Phi) is 4.61. The number of ether oxygens (including phenoxy) is 2. The number of Topliss-reactive ketones (excluding diaryl/α,β-unsaturated/α-hetero) is 1. The molecule has 0 spiro atoms. The van der Waals surface area contributed by atoms with Gasteiger partial charge in [0.15, 0.2) is 10.9 Å². The van der Waals surface area contributed by atoms with Gasteiger partial charge in [-0.3, -0.25) is 4.79 Å². The summed E-state index contributed by atoms with van der Waals surface area (Å²) in [4.78, 5) is 16.4. The van der Waals surface area contributed by atoms with Crippen LogP contribution in [0.3, 0.4) is 0 Å². The van der Waals surface area contributed by atoms with Crippen molar-refractivity contribution < 1.29 is 14.3 Å². The van der Waals surface area contributed by atoms with Crippen LogP contribution in [0, 0.1) is 0 Å². The van der Waals surface area contributed by atoms with Crippen LogP contribution >= 0.6 is 27.3 Å². The zero-order valence-electron chi connectivity index (χ0n) is 11.0. The van der Waals surface area contributed by atoms with Crippen molar-refractivity contribution in [2.75, 3.05) is 20.0 Å². The molecule has 106 valence electrons. The van der Waals surface area contributed by atoms with E-state index in [4.69, 9.17) is 15.2 Å². The standard InChI is InChI=1S/C13H13BrN2O3S/c1-18-10-4-3-8(12(19-2)11(10)14)9(17)5-7-6-20-13(15)16-7/h3-4,6H,5H2,1-2H3,(H2,15,16). The van der Waals surface area contributed by atoms with Gasteiger partial charge in [0.1, 0.15) is 16.0 Å². The maximum atomic E-state index is 12.3. The number of hydrogen-bond donors (Lipinski definition) is 1. The zero-order chi connectivity index (χ0) is 14.7. The van der Waals surface area contributed by atoms with Crippen LogP contribution in [0.2, 0.25) is 0 Å². The topological polar surface area (TPSA) is 74.4 Å². The maximum absolute atomic E-state index is 12.3. The predicted octanol–water partition coefficient (Wildman–Crippen LogP) is 2.93.